The van der Waals surface area contributed by atoms with E-state index in [1.807, 2.05) is 45.0 Å². The molecule has 0 bridgehead atoms. The average molecular weight is 340 g/mol. The number of hydrogen-bond acceptors (Lipinski definition) is 5. The largest absolute Gasteiger partial charge is 0.461 e. The number of nitrogens with one attached hydrogen (secondary N) is 2. The van der Waals surface area contributed by atoms with Gasteiger partial charge in [-0.3, -0.25) is 0 Å². The fraction of sp³-hybridized carbons (Fsp3) is 0.278. The molecule has 0 unspecified atom stereocenters. The number of carbonyl (C=O) groups is 1. The van der Waals surface area contributed by atoms with E-state index in [1.54, 1.807) is 18.4 Å². The molecule has 2 N–H and O–H groups in total. The van der Waals surface area contributed by atoms with Gasteiger partial charge in [0.2, 0.25) is 11.7 Å². The van der Waals surface area contributed by atoms with Crippen molar-refractivity contribution < 1.29 is 13.7 Å². The molecule has 2 heterocycles. The van der Waals surface area contributed by atoms with E-state index >= 15 is 0 Å². The zero-order chi connectivity index (χ0) is 17.9. The molecular weight excluding hydrogens is 320 g/mol. The van der Waals surface area contributed by atoms with Gasteiger partial charge < -0.3 is 19.6 Å². The molecule has 0 spiro atoms. The van der Waals surface area contributed by atoms with Gasteiger partial charge in [-0.1, -0.05) is 23.4 Å². The summed E-state index contributed by atoms with van der Waals surface area (Å²) in [6, 6.07) is 10.8. The summed E-state index contributed by atoms with van der Waals surface area (Å²) in [6.07, 6.45) is 1.96. The smallest absolute Gasteiger partial charge is 0.319 e. The summed E-state index contributed by atoms with van der Waals surface area (Å²) in [5.41, 5.74) is 1.26. The highest BCUT2D eigenvalue weighted by atomic mass is 16.5. The van der Waals surface area contributed by atoms with Gasteiger partial charge in [0.25, 0.3) is 0 Å². The molecular formula is C18H20N4O3. The Hall–Kier alpha value is -3.09. The number of rotatable bonds is 4. The first-order valence-corrected chi connectivity index (χ1v) is 7.94. The Balaban J connectivity index is 1.74. The third kappa shape index (κ3) is 4.47. The summed E-state index contributed by atoms with van der Waals surface area (Å²) in [5.74, 6) is 1.39. The van der Waals surface area contributed by atoms with Crippen molar-refractivity contribution in [3.63, 3.8) is 0 Å². The predicted octanol–water partition coefficient (Wildman–Crippen LogP) is 3.84. The van der Waals surface area contributed by atoms with Gasteiger partial charge in [0, 0.05) is 11.2 Å². The van der Waals surface area contributed by atoms with Crippen molar-refractivity contribution in [2.45, 2.75) is 32.7 Å². The summed E-state index contributed by atoms with van der Waals surface area (Å²) >= 11 is 0. The molecule has 0 saturated heterocycles. The van der Waals surface area contributed by atoms with Crippen molar-refractivity contribution in [3.05, 3.63) is 54.1 Å². The molecule has 2 amide bonds. The molecule has 0 aliphatic carbocycles. The van der Waals surface area contributed by atoms with Gasteiger partial charge in [-0.05, 0) is 44.5 Å². The molecule has 0 radical (unpaired) electrons. The van der Waals surface area contributed by atoms with Crippen molar-refractivity contribution in [3.8, 4) is 11.6 Å². The van der Waals surface area contributed by atoms with E-state index in [2.05, 4.69) is 20.8 Å². The maximum Gasteiger partial charge on any atom is 0.319 e. The van der Waals surface area contributed by atoms with Gasteiger partial charge in [-0.15, -0.1) is 0 Å². The van der Waals surface area contributed by atoms with Gasteiger partial charge in [0.15, 0.2) is 5.76 Å². The zero-order valence-electron chi connectivity index (χ0n) is 14.4. The topological polar surface area (TPSA) is 93.2 Å². The van der Waals surface area contributed by atoms with Crippen molar-refractivity contribution in [1.29, 1.82) is 0 Å². The molecule has 7 heteroatoms. The molecule has 130 valence electrons. The second-order valence-corrected chi connectivity index (χ2v) is 6.65. The van der Waals surface area contributed by atoms with Crippen LogP contribution in [-0.4, -0.2) is 21.7 Å². The summed E-state index contributed by atoms with van der Waals surface area (Å²) < 4.78 is 10.5. The van der Waals surface area contributed by atoms with Gasteiger partial charge in [-0.25, -0.2) is 4.79 Å². The fourth-order valence-corrected chi connectivity index (χ4v) is 2.29. The minimum atomic E-state index is -0.316. The molecule has 0 aliphatic heterocycles. The van der Waals surface area contributed by atoms with Crippen LogP contribution in [0.1, 0.15) is 32.2 Å². The maximum absolute atomic E-state index is 12.1. The lowest BCUT2D eigenvalue weighted by Crippen LogP contribution is -2.43. The van der Waals surface area contributed by atoms with Crippen molar-refractivity contribution >= 4 is 11.7 Å². The number of hydrogen-bond donors (Lipinski definition) is 2. The van der Waals surface area contributed by atoms with Gasteiger partial charge in [0.05, 0.1) is 12.7 Å². The Labute approximate surface area is 145 Å². The van der Waals surface area contributed by atoms with E-state index in [0.29, 0.717) is 29.6 Å². The van der Waals surface area contributed by atoms with Crippen LogP contribution in [0.15, 0.2) is 51.6 Å². The highest BCUT2D eigenvalue weighted by molar-refractivity contribution is 5.90. The molecule has 0 atom stereocenters. The van der Waals surface area contributed by atoms with Crippen molar-refractivity contribution in [2.24, 2.45) is 0 Å². The number of nitrogens with zero attached hydrogens (tertiary/aromatic N) is 2. The maximum atomic E-state index is 12.1. The number of benzene rings is 1. The van der Waals surface area contributed by atoms with Crippen LogP contribution in [-0.2, 0) is 6.42 Å². The Morgan fingerprint density at radius 1 is 1.16 bits per heavy atom. The molecule has 1 aromatic carbocycles. The first-order chi connectivity index (χ1) is 11.9. The number of urea groups is 1. The van der Waals surface area contributed by atoms with E-state index in [-0.39, 0.29) is 11.6 Å². The number of furan rings is 1. The van der Waals surface area contributed by atoms with Crippen LogP contribution in [0.5, 0.6) is 0 Å². The lowest BCUT2D eigenvalue weighted by molar-refractivity contribution is 0.244. The number of carbonyl (C=O) groups excluding carboxylic acids is 1. The minimum absolute atomic E-state index is 0.262. The monoisotopic (exact) mass is 340 g/mol. The molecule has 3 rings (SSSR count). The Morgan fingerprint density at radius 2 is 1.96 bits per heavy atom. The Bertz CT molecular complexity index is 847. The molecule has 0 aliphatic rings. The third-order valence-electron chi connectivity index (χ3n) is 3.31. The number of amides is 2. The highest BCUT2D eigenvalue weighted by Crippen LogP contribution is 2.21. The molecule has 7 nitrogen and oxygen atoms in total. The number of anilines is 1. The average Bonchev–Trinajstić information content (AvgIpc) is 3.18. The summed E-state index contributed by atoms with van der Waals surface area (Å²) in [4.78, 5) is 16.4. The van der Waals surface area contributed by atoms with Gasteiger partial charge >= 0.3 is 6.03 Å². The number of aromatic nitrogens is 2. The van der Waals surface area contributed by atoms with E-state index in [4.69, 9.17) is 8.94 Å². The summed E-state index contributed by atoms with van der Waals surface area (Å²) in [6.45, 7) is 5.77. The van der Waals surface area contributed by atoms with Crippen LogP contribution < -0.4 is 10.6 Å². The molecule has 0 saturated carbocycles. The standard InChI is InChI=1S/C18H20N4O3/c1-18(2,3)21-17(23)19-13-8-5-4-7-12(13)11-15-20-16(22-25-15)14-9-6-10-24-14/h4-10H,11H2,1-3H3,(H2,19,21,23). The third-order valence-corrected chi connectivity index (χ3v) is 3.31. The quantitative estimate of drug-likeness (QED) is 0.752. The zero-order valence-corrected chi connectivity index (χ0v) is 14.4. The van der Waals surface area contributed by atoms with Crippen LogP contribution in [0, 0.1) is 0 Å². The van der Waals surface area contributed by atoms with E-state index in [0.717, 1.165) is 5.56 Å². The van der Waals surface area contributed by atoms with Crippen LogP contribution in [0.2, 0.25) is 0 Å². The van der Waals surface area contributed by atoms with Crippen LogP contribution in [0.4, 0.5) is 10.5 Å². The van der Waals surface area contributed by atoms with Crippen LogP contribution in [0.25, 0.3) is 11.6 Å². The van der Waals surface area contributed by atoms with Crippen molar-refractivity contribution in [1.82, 2.24) is 15.5 Å². The Morgan fingerprint density at radius 3 is 2.68 bits per heavy atom. The molecule has 25 heavy (non-hydrogen) atoms. The van der Waals surface area contributed by atoms with E-state index in [1.165, 1.54) is 0 Å². The van der Waals surface area contributed by atoms with E-state index < -0.39 is 0 Å². The fourth-order valence-electron chi connectivity index (χ4n) is 2.29. The second kappa shape index (κ2) is 6.80. The van der Waals surface area contributed by atoms with E-state index in [9.17, 15) is 4.79 Å². The molecule has 2 aromatic heterocycles. The van der Waals surface area contributed by atoms with Gasteiger partial charge in [0.1, 0.15) is 0 Å². The lowest BCUT2D eigenvalue weighted by atomic mass is 10.1. The second-order valence-electron chi connectivity index (χ2n) is 6.65. The van der Waals surface area contributed by atoms with Gasteiger partial charge in [-0.2, -0.15) is 4.98 Å². The van der Waals surface area contributed by atoms with Crippen LogP contribution in [0.3, 0.4) is 0 Å². The lowest BCUT2D eigenvalue weighted by Gasteiger charge is -2.21. The Kier molecular flexibility index (Phi) is 4.56. The SMILES string of the molecule is CC(C)(C)NC(=O)Nc1ccccc1Cc1nc(-c2ccco2)no1. The highest BCUT2D eigenvalue weighted by Gasteiger charge is 2.16. The number of para-hydroxylation sites is 1. The summed E-state index contributed by atoms with van der Waals surface area (Å²) in [7, 11) is 0. The van der Waals surface area contributed by atoms with Crippen molar-refractivity contribution in [2.75, 3.05) is 5.32 Å². The first-order valence-electron chi connectivity index (χ1n) is 7.94. The van der Waals surface area contributed by atoms with Crippen LogP contribution >= 0.6 is 0 Å². The first kappa shape index (κ1) is 16.8. The minimum Gasteiger partial charge on any atom is -0.461 e. The predicted molar refractivity (Wildman–Crippen MR) is 93.2 cm³/mol. The molecule has 3 aromatic rings. The normalized spacial score (nSPS) is 11.3. The molecule has 0 fully saturated rings. The summed E-state index contributed by atoms with van der Waals surface area (Å²) in [5, 5.41) is 9.65.